The number of carboxylic acids is 1. The van der Waals surface area contributed by atoms with Gasteiger partial charge in [-0.2, -0.15) is 5.06 Å². The molecule has 4 N–H and O–H groups in total. The van der Waals surface area contributed by atoms with E-state index < -0.39 is 47.4 Å². The molecule has 2 aliphatic rings. The third kappa shape index (κ3) is 4.78. The van der Waals surface area contributed by atoms with Crippen LogP contribution in [-0.2, 0) is 33.6 Å². The van der Waals surface area contributed by atoms with Crippen molar-refractivity contribution in [1.29, 1.82) is 0 Å². The van der Waals surface area contributed by atoms with Crippen LogP contribution in [0.2, 0.25) is 0 Å². The fraction of sp³-hybridized carbons (Fsp3) is 0.300. The number of esters is 1. The highest BCUT2D eigenvalue weighted by Gasteiger charge is 2.62. The second-order valence-electron chi connectivity index (χ2n) is 7.28. The molecule has 2 amide bonds. The molecule has 2 unspecified atom stereocenters. The first-order valence-corrected chi connectivity index (χ1v) is 11.8. The maximum absolute atomic E-state index is 13.1. The Balaban J connectivity index is 1.50. The Labute approximate surface area is 206 Å². The first kappa shape index (κ1) is 24.4. The summed E-state index contributed by atoms with van der Waals surface area (Å²) in [5, 5.41) is 17.2. The number of rotatable bonds is 8. The van der Waals surface area contributed by atoms with Gasteiger partial charge in [-0.3, -0.25) is 19.2 Å². The molecule has 2 fully saturated rings. The summed E-state index contributed by atoms with van der Waals surface area (Å²) in [5.74, 6) is -4.12. The van der Waals surface area contributed by atoms with Crippen molar-refractivity contribution >= 4 is 57.7 Å². The van der Waals surface area contributed by atoms with Gasteiger partial charge in [0.15, 0.2) is 10.8 Å². The Bertz CT molecular complexity index is 1190. The van der Waals surface area contributed by atoms with Crippen LogP contribution in [0.25, 0.3) is 0 Å². The van der Waals surface area contributed by atoms with Crippen molar-refractivity contribution in [2.75, 3.05) is 19.5 Å². The van der Waals surface area contributed by atoms with Gasteiger partial charge >= 0.3 is 17.7 Å². The minimum atomic E-state index is -2.38. The number of anilines is 1. The Morgan fingerprint density at radius 3 is 2.74 bits per heavy atom. The molecule has 2 aromatic rings. The van der Waals surface area contributed by atoms with E-state index in [1.165, 1.54) is 12.5 Å². The molecule has 0 bridgehead atoms. The van der Waals surface area contributed by atoms with Gasteiger partial charge in [0.25, 0.3) is 11.8 Å². The van der Waals surface area contributed by atoms with Crippen molar-refractivity contribution in [2.45, 2.75) is 28.3 Å². The van der Waals surface area contributed by atoms with Crippen LogP contribution in [0.5, 0.6) is 0 Å². The predicted octanol–water partition coefficient (Wildman–Crippen LogP) is 0.223. The number of cyclic esters (lactones) is 1. The van der Waals surface area contributed by atoms with E-state index in [4.69, 9.17) is 15.3 Å². The summed E-state index contributed by atoms with van der Waals surface area (Å²) in [5.41, 5.74) is 3.10. The zero-order valence-corrected chi connectivity index (χ0v) is 19.7. The van der Waals surface area contributed by atoms with Crippen molar-refractivity contribution in [2.24, 2.45) is 5.16 Å². The lowest BCUT2D eigenvalue weighted by Gasteiger charge is -2.30. The zero-order valence-electron chi connectivity index (χ0n) is 18.1. The number of nitrogens with zero attached hydrogens (tertiary/aromatic N) is 3. The first-order chi connectivity index (χ1) is 16.7. The molecule has 2 aliphatic heterocycles. The number of hydrogen-bond donors (Lipinski definition) is 3. The van der Waals surface area contributed by atoms with E-state index in [1.54, 1.807) is 30.3 Å². The average molecular weight is 522 g/mol. The maximum atomic E-state index is 13.1. The Morgan fingerprint density at radius 2 is 2.11 bits per heavy atom. The molecular weight excluding hydrogens is 502 g/mol. The second kappa shape index (κ2) is 9.89. The highest BCUT2D eigenvalue weighted by atomic mass is 32.2. The van der Waals surface area contributed by atoms with E-state index in [-0.39, 0.29) is 23.0 Å². The molecule has 13 nitrogen and oxygen atoms in total. The number of thioether (sulfide) groups is 1. The minimum Gasteiger partial charge on any atom is -0.477 e. The van der Waals surface area contributed by atoms with E-state index in [0.717, 1.165) is 28.0 Å². The number of hydrogen-bond acceptors (Lipinski definition) is 12. The number of hydroxylamine groups is 2. The van der Waals surface area contributed by atoms with E-state index in [1.807, 2.05) is 0 Å². The van der Waals surface area contributed by atoms with Crippen molar-refractivity contribution in [3.05, 3.63) is 41.4 Å². The summed E-state index contributed by atoms with van der Waals surface area (Å²) >= 11 is 2.19. The van der Waals surface area contributed by atoms with Crippen LogP contribution < -0.4 is 11.1 Å². The standard InChI is InChI=1S/C20H19N5O8S2/c1-31-24-14(12-9-34-19(21)23-12)15(26)22-11-8-32-25(16(11)27)20(18(29)30)7-13(17(28)33-20)35-10-5-3-2-4-6-10/h2-6,9,11,13H,7-8H2,1H3,(H2,21,23)(H,22,26)(H,29,30)/t11-,13?,20?/m0/s1. The van der Waals surface area contributed by atoms with Crippen molar-refractivity contribution in [3.63, 3.8) is 0 Å². The van der Waals surface area contributed by atoms with Crippen molar-refractivity contribution < 1.29 is 38.7 Å². The van der Waals surface area contributed by atoms with Crippen LogP contribution in [-0.4, -0.2) is 75.4 Å². The number of aliphatic carboxylic acids is 1. The van der Waals surface area contributed by atoms with Gasteiger partial charge in [0, 0.05) is 16.7 Å². The second-order valence-corrected chi connectivity index (χ2v) is 9.45. The molecule has 1 aromatic heterocycles. The molecule has 3 atom stereocenters. The number of oxime groups is 1. The molecule has 184 valence electrons. The SMILES string of the molecule is CON=C(C(=O)N[C@H]1CON(C2(C(=O)O)CC(Sc3ccccc3)C(=O)O2)C1=O)c1csc(N)n1. The molecular formula is C20H19N5O8S2. The zero-order chi connectivity index (χ0) is 25.2. The predicted molar refractivity (Wildman–Crippen MR) is 122 cm³/mol. The monoisotopic (exact) mass is 521 g/mol. The third-order valence-corrected chi connectivity index (χ3v) is 6.88. The molecule has 2 saturated heterocycles. The number of nitrogen functional groups attached to an aromatic ring is 1. The molecule has 0 aliphatic carbocycles. The smallest absolute Gasteiger partial charge is 0.372 e. The van der Waals surface area contributed by atoms with Gasteiger partial charge < -0.3 is 25.7 Å². The number of ether oxygens (including phenoxy) is 1. The summed E-state index contributed by atoms with van der Waals surface area (Å²) in [6, 6.07) is 7.59. The van der Waals surface area contributed by atoms with Crippen LogP contribution >= 0.6 is 23.1 Å². The van der Waals surface area contributed by atoms with E-state index in [0.29, 0.717) is 5.06 Å². The van der Waals surface area contributed by atoms with Crippen LogP contribution in [0.3, 0.4) is 0 Å². The molecule has 0 saturated carbocycles. The molecule has 0 spiro atoms. The minimum absolute atomic E-state index is 0.127. The van der Waals surface area contributed by atoms with E-state index in [2.05, 4.69) is 20.3 Å². The number of thiazole rings is 1. The van der Waals surface area contributed by atoms with Gasteiger partial charge in [-0.25, -0.2) is 9.78 Å². The number of nitrogens with two attached hydrogens (primary N) is 1. The number of carboxylic acid groups (broad SMARTS) is 1. The normalized spacial score (nSPS) is 24.4. The van der Waals surface area contributed by atoms with Crippen LogP contribution in [0.15, 0.2) is 45.8 Å². The Hall–Kier alpha value is -3.69. The van der Waals surface area contributed by atoms with Crippen LogP contribution in [0, 0.1) is 0 Å². The van der Waals surface area contributed by atoms with Gasteiger partial charge in [-0.15, -0.1) is 23.1 Å². The van der Waals surface area contributed by atoms with E-state index >= 15 is 0 Å². The Morgan fingerprint density at radius 1 is 1.37 bits per heavy atom. The van der Waals surface area contributed by atoms with Gasteiger partial charge in [-0.1, -0.05) is 23.4 Å². The lowest BCUT2D eigenvalue weighted by molar-refractivity contribution is -0.256. The van der Waals surface area contributed by atoms with Crippen LogP contribution in [0.1, 0.15) is 12.1 Å². The van der Waals surface area contributed by atoms with Gasteiger partial charge in [0.1, 0.15) is 30.7 Å². The molecule has 3 heterocycles. The molecule has 15 heteroatoms. The summed E-state index contributed by atoms with van der Waals surface area (Å²) in [4.78, 5) is 65.2. The number of amides is 2. The molecule has 1 aromatic carbocycles. The van der Waals surface area contributed by atoms with Gasteiger partial charge in [0.2, 0.25) is 0 Å². The molecule has 0 radical (unpaired) electrons. The van der Waals surface area contributed by atoms with Crippen molar-refractivity contribution in [1.82, 2.24) is 15.4 Å². The number of benzene rings is 1. The highest BCUT2D eigenvalue weighted by molar-refractivity contribution is 8.00. The largest absolute Gasteiger partial charge is 0.477 e. The molecule has 35 heavy (non-hydrogen) atoms. The third-order valence-electron chi connectivity index (χ3n) is 5.01. The summed E-state index contributed by atoms with van der Waals surface area (Å²) in [6.07, 6.45) is -0.360. The lowest BCUT2D eigenvalue weighted by atomic mass is 10.1. The fourth-order valence-electron chi connectivity index (χ4n) is 3.43. The first-order valence-electron chi connectivity index (χ1n) is 10.0. The fourth-order valence-corrected chi connectivity index (χ4v) is 5.08. The number of carbonyl (C=O) groups excluding carboxylic acids is 3. The molecule has 4 rings (SSSR count). The number of aromatic nitrogens is 1. The summed E-state index contributed by atoms with van der Waals surface area (Å²) < 4.78 is 5.20. The lowest BCUT2D eigenvalue weighted by Crippen LogP contribution is -2.57. The van der Waals surface area contributed by atoms with E-state index in [9.17, 15) is 24.3 Å². The maximum Gasteiger partial charge on any atom is 0.372 e. The number of nitrogens with one attached hydrogen (secondary N) is 1. The Kier molecular flexibility index (Phi) is 6.90. The summed E-state index contributed by atoms with van der Waals surface area (Å²) in [7, 11) is 1.23. The number of carbonyl (C=O) groups is 4. The average Bonchev–Trinajstić information content (AvgIpc) is 3.51. The van der Waals surface area contributed by atoms with Crippen molar-refractivity contribution in [3.8, 4) is 0 Å². The highest BCUT2D eigenvalue weighted by Crippen LogP contribution is 2.41. The topological polar surface area (TPSA) is 183 Å². The van der Waals surface area contributed by atoms with Gasteiger partial charge in [0.05, 0.1) is 0 Å². The van der Waals surface area contributed by atoms with Crippen LogP contribution in [0.4, 0.5) is 5.13 Å². The summed E-state index contributed by atoms with van der Waals surface area (Å²) in [6.45, 7) is -0.396. The quantitative estimate of drug-likeness (QED) is 0.245. The van der Waals surface area contributed by atoms with Gasteiger partial charge in [-0.05, 0) is 12.1 Å².